The number of carbonyl (C=O) groups is 1. The summed E-state index contributed by atoms with van der Waals surface area (Å²) in [4.78, 5) is 13.8. The van der Waals surface area contributed by atoms with E-state index in [2.05, 4.69) is 30.5 Å². The van der Waals surface area contributed by atoms with Gasteiger partial charge in [-0.05, 0) is 56.8 Å². The summed E-state index contributed by atoms with van der Waals surface area (Å²) in [6.45, 7) is 4.95. The van der Waals surface area contributed by atoms with E-state index in [1.165, 1.54) is 0 Å². The molecule has 1 atom stereocenters. The highest BCUT2D eigenvalue weighted by Crippen LogP contribution is 2.39. The van der Waals surface area contributed by atoms with Gasteiger partial charge in [0.1, 0.15) is 11.4 Å². The fraction of sp³-hybridized carbons (Fsp3) is 0.364. The number of amides is 1. The molecular formula is C22H25N3O2S. The predicted molar refractivity (Wildman–Crippen MR) is 116 cm³/mol. The van der Waals surface area contributed by atoms with E-state index in [-0.39, 0.29) is 17.6 Å². The number of hydrogen-bond acceptors (Lipinski definition) is 3. The molecule has 2 aliphatic heterocycles. The van der Waals surface area contributed by atoms with Crippen molar-refractivity contribution in [3.63, 3.8) is 0 Å². The fourth-order valence-electron chi connectivity index (χ4n) is 3.93. The Bertz CT molecular complexity index is 912. The molecule has 2 heterocycles. The zero-order valence-electron chi connectivity index (χ0n) is 16.2. The minimum atomic E-state index is -0.266. The van der Waals surface area contributed by atoms with Gasteiger partial charge in [-0.1, -0.05) is 24.3 Å². The number of para-hydroxylation sites is 1. The van der Waals surface area contributed by atoms with Crippen LogP contribution in [0.25, 0.3) is 0 Å². The van der Waals surface area contributed by atoms with Gasteiger partial charge in [0.25, 0.3) is 0 Å². The van der Waals surface area contributed by atoms with Crippen molar-refractivity contribution in [1.82, 2.24) is 5.32 Å². The van der Waals surface area contributed by atoms with E-state index in [4.69, 9.17) is 17.0 Å². The van der Waals surface area contributed by atoms with Crippen molar-refractivity contribution in [3.8, 4) is 5.75 Å². The van der Waals surface area contributed by atoms with Crippen LogP contribution in [0.4, 0.5) is 11.4 Å². The van der Waals surface area contributed by atoms with E-state index >= 15 is 0 Å². The number of rotatable bonds is 3. The van der Waals surface area contributed by atoms with Crippen LogP contribution in [-0.2, 0) is 4.79 Å². The average Bonchev–Trinajstić information content (AvgIpc) is 3.07. The van der Waals surface area contributed by atoms with Crippen LogP contribution in [-0.4, -0.2) is 23.2 Å². The van der Waals surface area contributed by atoms with Gasteiger partial charge < -0.3 is 20.3 Å². The largest absolute Gasteiger partial charge is 0.487 e. The maximum Gasteiger partial charge on any atom is 0.227 e. The second-order valence-electron chi connectivity index (χ2n) is 7.95. The predicted octanol–water partition coefficient (Wildman–Crippen LogP) is 4.40. The Morgan fingerprint density at radius 3 is 2.82 bits per heavy atom. The SMILES string of the molecule is CC1(C)C[C@@H](NC(=S)Nc2cccc(N3CCCC3=O)c2)c2ccccc2O1. The van der Waals surface area contributed by atoms with E-state index in [0.717, 1.165) is 42.1 Å². The van der Waals surface area contributed by atoms with Crippen LogP contribution in [0.1, 0.15) is 44.7 Å². The van der Waals surface area contributed by atoms with Crippen molar-refractivity contribution in [1.29, 1.82) is 0 Å². The molecule has 0 aliphatic carbocycles. The number of hydrogen-bond donors (Lipinski definition) is 2. The van der Waals surface area contributed by atoms with Crippen molar-refractivity contribution in [2.75, 3.05) is 16.8 Å². The highest BCUT2D eigenvalue weighted by molar-refractivity contribution is 7.80. The number of fused-ring (bicyclic) bond motifs is 1. The van der Waals surface area contributed by atoms with Gasteiger partial charge in [0.05, 0.1) is 6.04 Å². The number of carbonyl (C=O) groups excluding carboxylic acids is 1. The molecule has 0 spiro atoms. The van der Waals surface area contributed by atoms with Gasteiger partial charge in [-0.3, -0.25) is 4.79 Å². The molecule has 0 bridgehead atoms. The van der Waals surface area contributed by atoms with Crippen molar-refractivity contribution in [2.45, 2.75) is 44.8 Å². The molecule has 28 heavy (non-hydrogen) atoms. The second-order valence-corrected chi connectivity index (χ2v) is 8.36. The summed E-state index contributed by atoms with van der Waals surface area (Å²) >= 11 is 5.58. The maximum atomic E-state index is 12.0. The second kappa shape index (κ2) is 7.43. The summed E-state index contributed by atoms with van der Waals surface area (Å²) in [7, 11) is 0. The molecule has 146 valence electrons. The van der Waals surface area contributed by atoms with Crippen molar-refractivity contribution in [3.05, 3.63) is 54.1 Å². The molecule has 4 rings (SSSR count). The van der Waals surface area contributed by atoms with E-state index in [9.17, 15) is 4.79 Å². The lowest BCUT2D eigenvalue weighted by Gasteiger charge is -2.38. The van der Waals surface area contributed by atoms with Gasteiger partial charge in [0, 0.05) is 36.3 Å². The lowest BCUT2D eigenvalue weighted by atomic mass is 9.90. The van der Waals surface area contributed by atoms with Crippen LogP contribution in [0.2, 0.25) is 0 Å². The summed E-state index contributed by atoms with van der Waals surface area (Å²) in [6, 6.07) is 16.0. The Labute approximate surface area is 171 Å². The molecule has 6 heteroatoms. The smallest absolute Gasteiger partial charge is 0.227 e. The molecular weight excluding hydrogens is 370 g/mol. The van der Waals surface area contributed by atoms with Gasteiger partial charge in [0.2, 0.25) is 5.91 Å². The standard InChI is InChI=1S/C22H25N3O2S/c1-22(2)14-18(17-9-3-4-10-19(17)27-22)24-21(28)23-15-7-5-8-16(13-15)25-12-6-11-20(25)26/h3-5,7-10,13,18H,6,11-12,14H2,1-2H3,(H2,23,24,28)/t18-/m1/s1. The van der Waals surface area contributed by atoms with Crippen LogP contribution in [0, 0.1) is 0 Å². The number of benzene rings is 2. The molecule has 0 unspecified atom stereocenters. The monoisotopic (exact) mass is 395 g/mol. The first-order valence-corrected chi connectivity index (χ1v) is 10.1. The van der Waals surface area contributed by atoms with Crippen molar-refractivity contribution >= 4 is 34.6 Å². The third-order valence-electron chi connectivity index (χ3n) is 5.17. The summed E-state index contributed by atoms with van der Waals surface area (Å²) in [5.41, 5.74) is 2.63. The number of thiocarbonyl (C=S) groups is 1. The Balaban J connectivity index is 1.47. The zero-order valence-corrected chi connectivity index (χ0v) is 17.0. The minimum absolute atomic E-state index is 0.0725. The highest BCUT2D eigenvalue weighted by Gasteiger charge is 2.33. The van der Waals surface area contributed by atoms with Gasteiger partial charge in [-0.2, -0.15) is 0 Å². The topological polar surface area (TPSA) is 53.6 Å². The minimum Gasteiger partial charge on any atom is -0.487 e. The van der Waals surface area contributed by atoms with Gasteiger partial charge in [-0.15, -0.1) is 0 Å². The van der Waals surface area contributed by atoms with Crippen LogP contribution >= 0.6 is 12.2 Å². The van der Waals surface area contributed by atoms with E-state index < -0.39 is 0 Å². The highest BCUT2D eigenvalue weighted by atomic mass is 32.1. The van der Waals surface area contributed by atoms with Crippen molar-refractivity contribution in [2.24, 2.45) is 0 Å². The number of ether oxygens (including phenoxy) is 1. The van der Waals surface area contributed by atoms with E-state index in [1.807, 2.05) is 47.4 Å². The normalized spacial score (nSPS) is 20.3. The lowest BCUT2D eigenvalue weighted by Crippen LogP contribution is -2.42. The summed E-state index contributed by atoms with van der Waals surface area (Å²) in [5.74, 6) is 1.08. The van der Waals surface area contributed by atoms with E-state index in [0.29, 0.717) is 11.5 Å². The van der Waals surface area contributed by atoms with E-state index in [1.54, 1.807) is 0 Å². The third-order valence-corrected chi connectivity index (χ3v) is 5.39. The summed E-state index contributed by atoms with van der Waals surface area (Å²) < 4.78 is 6.09. The Hall–Kier alpha value is -2.60. The number of nitrogens with one attached hydrogen (secondary N) is 2. The van der Waals surface area contributed by atoms with Crippen LogP contribution < -0.4 is 20.3 Å². The molecule has 5 nitrogen and oxygen atoms in total. The van der Waals surface area contributed by atoms with Gasteiger partial charge >= 0.3 is 0 Å². The number of nitrogens with zero attached hydrogens (tertiary/aromatic N) is 1. The molecule has 0 saturated carbocycles. The molecule has 2 aromatic rings. The summed E-state index contributed by atoms with van der Waals surface area (Å²) in [5, 5.41) is 7.26. The first-order chi connectivity index (χ1) is 13.4. The maximum absolute atomic E-state index is 12.0. The molecule has 1 fully saturated rings. The van der Waals surface area contributed by atoms with Crippen LogP contribution in [0.3, 0.4) is 0 Å². The van der Waals surface area contributed by atoms with Gasteiger partial charge in [0.15, 0.2) is 5.11 Å². The molecule has 0 aromatic heterocycles. The Morgan fingerprint density at radius 1 is 1.21 bits per heavy atom. The van der Waals surface area contributed by atoms with Crippen LogP contribution in [0.5, 0.6) is 5.75 Å². The van der Waals surface area contributed by atoms with Crippen LogP contribution in [0.15, 0.2) is 48.5 Å². The Morgan fingerprint density at radius 2 is 2.04 bits per heavy atom. The summed E-state index contributed by atoms with van der Waals surface area (Å²) in [6.07, 6.45) is 2.35. The van der Waals surface area contributed by atoms with Gasteiger partial charge in [-0.25, -0.2) is 0 Å². The molecule has 2 aliphatic rings. The fourth-order valence-corrected chi connectivity index (χ4v) is 4.19. The zero-order chi connectivity index (χ0) is 19.7. The first kappa shape index (κ1) is 18.7. The molecule has 1 saturated heterocycles. The number of anilines is 2. The quantitative estimate of drug-likeness (QED) is 0.755. The first-order valence-electron chi connectivity index (χ1n) is 9.67. The molecule has 2 N–H and O–H groups in total. The average molecular weight is 396 g/mol. The van der Waals surface area contributed by atoms with Crippen molar-refractivity contribution < 1.29 is 9.53 Å². The lowest BCUT2D eigenvalue weighted by molar-refractivity contribution is -0.117. The molecule has 2 aromatic carbocycles. The Kier molecular flexibility index (Phi) is 4.98. The molecule has 1 amide bonds. The third kappa shape index (κ3) is 3.97. The molecule has 0 radical (unpaired) electrons.